The van der Waals surface area contributed by atoms with Gasteiger partial charge in [-0.25, -0.2) is 0 Å². The number of ketones is 1. The quantitative estimate of drug-likeness (QED) is 0.656. The summed E-state index contributed by atoms with van der Waals surface area (Å²) in [6.45, 7) is 3.78. The first-order chi connectivity index (χ1) is 12.3. The van der Waals surface area contributed by atoms with Crippen molar-refractivity contribution < 1.29 is 19.3 Å². The van der Waals surface area contributed by atoms with Gasteiger partial charge in [-0.05, 0) is 38.1 Å². The van der Waals surface area contributed by atoms with Crippen molar-refractivity contribution in [2.75, 3.05) is 30.8 Å². The molecule has 6 heteroatoms. The average Bonchev–Trinajstić information content (AvgIpc) is 2.56. The number of Topliss-reactive ketones (excluding diaryl/α,β-unsaturated/α-hetero) is 1. The first kappa shape index (κ1) is 19.3. The van der Waals surface area contributed by atoms with Crippen LogP contribution in [0.2, 0.25) is 0 Å². The molecule has 2 aromatic rings. The highest BCUT2D eigenvalue weighted by Gasteiger charge is 2.15. The third-order valence-corrected chi connectivity index (χ3v) is 3.81. The maximum absolute atomic E-state index is 12.1. The van der Waals surface area contributed by atoms with Gasteiger partial charge in [-0.2, -0.15) is 0 Å². The highest BCUT2D eigenvalue weighted by molar-refractivity contribution is 5.97. The Balaban J connectivity index is 1.82. The molecule has 2 amide bonds. The average molecular weight is 354 g/mol. The van der Waals surface area contributed by atoms with E-state index in [-0.39, 0.29) is 30.7 Å². The van der Waals surface area contributed by atoms with E-state index >= 15 is 0 Å². The molecule has 0 spiro atoms. The molecule has 0 saturated carbocycles. The highest BCUT2D eigenvalue weighted by Crippen LogP contribution is 2.11. The fraction of sp³-hybridized carbons (Fsp3) is 0.250. The number of benzene rings is 2. The van der Waals surface area contributed by atoms with Crippen LogP contribution in [0.1, 0.15) is 22.8 Å². The maximum atomic E-state index is 12.1. The van der Waals surface area contributed by atoms with E-state index in [1.54, 1.807) is 31.3 Å². The lowest BCUT2D eigenvalue weighted by Gasteiger charge is -2.14. The van der Waals surface area contributed by atoms with Crippen LogP contribution in [-0.2, 0) is 9.59 Å². The number of likely N-dealkylation sites (N-methyl/N-ethyl adjacent to an activating group) is 1. The fourth-order valence-corrected chi connectivity index (χ4v) is 2.47. The summed E-state index contributed by atoms with van der Waals surface area (Å²) in [5, 5.41) is 5.57. The molecule has 0 aliphatic carbocycles. The van der Waals surface area contributed by atoms with Crippen molar-refractivity contribution >= 4 is 29.0 Å². The first-order valence-electron chi connectivity index (χ1n) is 8.42. The summed E-state index contributed by atoms with van der Waals surface area (Å²) in [5.74, 6) is -0.430. The summed E-state index contributed by atoms with van der Waals surface area (Å²) in [5.41, 5.74) is 2.97. The van der Waals surface area contributed by atoms with Gasteiger partial charge in [0, 0.05) is 16.9 Å². The van der Waals surface area contributed by atoms with Gasteiger partial charge in [-0.3, -0.25) is 14.4 Å². The molecule has 0 fully saturated rings. The van der Waals surface area contributed by atoms with E-state index < -0.39 is 0 Å². The molecule has 1 atom stereocenters. The SMILES string of the molecule is CC(=O)c1cccc(NC(=O)C[NH+](C)CC(=O)Nc2ccc(C)cc2)c1. The molecular formula is C20H24N3O3+. The molecule has 6 nitrogen and oxygen atoms in total. The van der Waals surface area contributed by atoms with Gasteiger partial charge in [0.15, 0.2) is 18.9 Å². The molecule has 2 aromatic carbocycles. The summed E-state index contributed by atoms with van der Waals surface area (Å²) in [7, 11) is 1.78. The van der Waals surface area contributed by atoms with Crippen LogP contribution in [0, 0.1) is 6.92 Å². The summed E-state index contributed by atoms with van der Waals surface area (Å²) < 4.78 is 0. The number of amides is 2. The van der Waals surface area contributed by atoms with Crippen molar-refractivity contribution in [2.45, 2.75) is 13.8 Å². The van der Waals surface area contributed by atoms with Gasteiger partial charge < -0.3 is 15.5 Å². The normalized spacial score (nSPS) is 11.5. The zero-order chi connectivity index (χ0) is 19.1. The van der Waals surface area contributed by atoms with Crippen molar-refractivity contribution in [3.05, 3.63) is 59.7 Å². The van der Waals surface area contributed by atoms with Crippen LogP contribution in [0.25, 0.3) is 0 Å². The number of nitrogens with one attached hydrogen (secondary N) is 3. The summed E-state index contributed by atoms with van der Waals surface area (Å²) in [4.78, 5) is 36.3. The van der Waals surface area contributed by atoms with Crippen molar-refractivity contribution in [3.63, 3.8) is 0 Å². The Hall–Kier alpha value is -2.99. The zero-order valence-corrected chi connectivity index (χ0v) is 15.3. The van der Waals surface area contributed by atoms with E-state index in [9.17, 15) is 14.4 Å². The van der Waals surface area contributed by atoms with E-state index in [2.05, 4.69) is 10.6 Å². The molecule has 1 unspecified atom stereocenters. The number of hydrogen-bond acceptors (Lipinski definition) is 3. The second kappa shape index (κ2) is 8.92. The summed E-state index contributed by atoms with van der Waals surface area (Å²) in [6, 6.07) is 14.3. The van der Waals surface area contributed by atoms with E-state index in [1.807, 2.05) is 31.2 Å². The van der Waals surface area contributed by atoms with Gasteiger partial charge in [-0.1, -0.05) is 29.8 Å². The lowest BCUT2D eigenvalue weighted by atomic mass is 10.1. The molecule has 3 N–H and O–H groups in total. The minimum atomic E-state index is -0.216. The van der Waals surface area contributed by atoms with Crippen LogP contribution >= 0.6 is 0 Å². The molecular weight excluding hydrogens is 330 g/mol. The Morgan fingerprint density at radius 2 is 1.46 bits per heavy atom. The summed E-state index contributed by atoms with van der Waals surface area (Å²) in [6.07, 6.45) is 0. The van der Waals surface area contributed by atoms with E-state index in [0.717, 1.165) is 16.2 Å². The molecule has 0 aliphatic heterocycles. The number of rotatable bonds is 7. The Kier molecular flexibility index (Phi) is 6.63. The predicted octanol–water partition coefficient (Wildman–Crippen LogP) is 1.29. The Labute approximate surface area is 153 Å². The van der Waals surface area contributed by atoms with E-state index in [1.165, 1.54) is 6.92 Å². The van der Waals surface area contributed by atoms with Gasteiger partial charge >= 0.3 is 0 Å². The molecule has 0 aliphatic rings. The molecule has 0 radical (unpaired) electrons. The molecule has 0 heterocycles. The standard InChI is InChI=1S/C20H23N3O3/c1-14-7-9-17(10-8-14)21-19(25)12-23(3)13-20(26)22-18-6-4-5-16(11-18)15(2)24/h4-11H,12-13H2,1-3H3,(H,21,25)(H,22,26)/p+1. The topological polar surface area (TPSA) is 79.7 Å². The second-order valence-electron chi connectivity index (χ2n) is 6.41. The van der Waals surface area contributed by atoms with Crippen molar-refractivity contribution in [1.82, 2.24) is 0 Å². The minimum absolute atomic E-state index is 0.0587. The number of hydrogen-bond donors (Lipinski definition) is 3. The molecule has 0 bridgehead atoms. The van der Waals surface area contributed by atoms with Crippen LogP contribution in [0.4, 0.5) is 11.4 Å². The third-order valence-electron chi connectivity index (χ3n) is 3.81. The third kappa shape index (κ3) is 6.14. The zero-order valence-electron chi connectivity index (χ0n) is 15.3. The van der Waals surface area contributed by atoms with Gasteiger partial charge in [0.1, 0.15) is 0 Å². The smallest absolute Gasteiger partial charge is 0.279 e. The Bertz CT molecular complexity index is 800. The number of aryl methyl sites for hydroxylation is 1. The Morgan fingerprint density at radius 1 is 0.885 bits per heavy atom. The highest BCUT2D eigenvalue weighted by atomic mass is 16.2. The number of anilines is 2. The molecule has 136 valence electrons. The second-order valence-corrected chi connectivity index (χ2v) is 6.41. The van der Waals surface area contributed by atoms with Crippen molar-refractivity contribution in [3.8, 4) is 0 Å². The number of carbonyl (C=O) groups is 3. The van der Waals surface area contributed by atoms with Crippen LogP contribution in [0.3, 0.4) is 0 Å². The predicted molar refractivity (Wildman–Crippen MR) is 102 cm³/mol. The van der Waals surface area contributed by atoms with Gasteiger partial charge in [0.05, 0.1) is 7.05 Å². The monoisotopic (exact) mass is 354 g/mol. The first-order valence-corrected chi connectivity index (χ1v) is 8.42. The van der Waals surface area contributed by atoms with Crippen molar-refractivity contribution in [1.29, 1.82) is 0 Å². The lowest BCUT2D eigenvalue weighted by Crippen LogP contribution is -3.11. The van der Waals surface area contributed by atoms with E-state index in [0.29, 0.717) is 11.3 Å². The van der Waals surface area contributed by atoms with Gasteiger partial charge in [0.2, 0.25) is 0 Å². The van der Waals surface area contributed by atoms with Crippen LogP contribution < -0.4 is 15.5 Å². The maximum Gasteiger partial charge on any atom is 0.279 e. The van der Waals surface area contributed by atoms with Crippen molar-refractivity contribution in [2.24, 2.45) is 0 Å². The lowest BCUT2D eigenvalue weighted by molar-refractivity contribution is -0.862. The van der Waals surface area contributed by atoms with Crippen LogP contribution in [0.5, 0.6) is 0 Å². The Morgan fingerprint density at radius 3 is 2.04 bits per heavy atom. The number of carbonyl (C=O) groups excluding carboxylic acids is 3. The fourth-order valence-electron chi connectivity index (χ4n) is 2.47. The van der Waals surface area contributed by atoms with Crippen LogP contribution in [0.15, 0.2) is 48.5 Å². The van der Waals surface area contributed by atoms with Gasteiger partial charge in [0.25, 0.3) is 11.8 Å². The summed E-state index contributed by atoms with van der Waals surface area (Å²) >= 11 is 0. The molecule has 26 heavy (non-hydrogen) atoms. The van der Waals surface area contributed by atoms with Crippen LogP contribution in [-0.4, -0.2) is 37.7 Å². The molecule has 0 saturated heterocycles. The number of quaternary nitrogens is 1. The van der Waals surface area contributed by atoms with Gasteiger partial charge in [-0.15, -0.1) is 0 Å². The van der Waals surface area contributed by atoms with E-state index in [4.69, 9.17) is 0 Å². The molecule has 2 rings (SSSR count). The minimum Gasteiger partial charge on any atom is -0.322 e. The molecule has 0 aromatic heterocycles. The largest absolute Gasteiger partial charge is 0.322 e.